The minimum Gasteiger partial charge on any atom is -0.338 e. The molecule has 0 radical (unpaired) electrons. The van der Waals surface area contributed by atoms with E-state index in [-0.39, 0.29) is 11.9 Å². The van der Waals surface area contributed by atoms with E-state index in [1.54, 1.807) is 6.33 Å². The van der Waals surface area contributed by atoms with Crippen molar-refractivity contribution in [3.05, 3.63) is 65.0 Å². The molecule has 0 aliphatic carbocycles. The number of rotatable bonds is 2. The first-order valence-corrected chi connectivity index (χ1v) is 9.64. The molecule has 152 valence electrons. The molecule has 3 aromatic rings. The van der Waals surface area contributed by atoms with Crippen molar-refractivity contribution in [1.82, 2.24) is 14.5 Å². The molecule has 1 amide bonds. The smallest absolute Gasteiger partial charge is 0.338 e. The van der Waals surface area contributed by atoms with E-state index in [0.29, 0.717) is 29.7 Å². The topological polar surface area (TPSA) is 38.1 Å². The number of carbonyl (C=O) groups excluding carboxylic acids is 1. The molecular weight excluding hydrogens is 379 g/mol. The highest BCUT2D eigenvalue weighted by molar-refractivity contribution is 5.94. The summed E-state index contributed by atoms with van der Waals surface area (Å²) < 4.78 is 40.7. The summed E-state index contributed by atoms with van der Waals surface area (Å²) in [5.74, 6) is 0.0249. The maximum atomic E-state index is 12.9. The number of imidazole rings is 1. The van der Waals surface area contributed by atoms with Crippen LogP contribution in [0.3, 0.4) is 0 Å². The number of amides is 1. The molecule has 4 rings (SSSR count). The molecule has 7 heteroatoms. The lowest BCUT2D eigenvalue weighted by molar-refractivity contribution is -0.137. The molecule has 0 unspecified atom stereocenters. The lowest BCUT2D eigenvalue weighted by Crippen LogP contribution is -2.39. The van der Waals surface area contributed by atoms with Gasteiger partial charge in [-0.1, -0.05) is 6.07 Å². The SMILES string of the molecule is Cc1ccc(C(=O)N2CCC(n3cnc4cc(C(F)(F)F)ccc43)CC2)cc1C. The Morgan fingerprint density at radius 1 is 1.03 bits per heavy atom. The van der Waals surface area contributed by atoms with Gasteiger partial charge in [-0.2, -0.15) is 13.2 Å². The summed E-state index contributed by atoms with van der Waals surface area (Å²) in [5, 5.41) is 0. The fourth-order valence-electron chi connectivity index (χ4n) is 3.90. The number of carbonyl (C=O) groups is 1. The number of aryl methyl sites for hydroxylation is 2. The van der Waals surface area contributed by atoms with Crippen LogP contribution in [0.15, 0.2) is 42.7 Å². The van der Waals surface area contributed by atoms with Gasteiger partial charge in [0.2, 0.25) is 0 Å². The van der Waals surface area contributed by atoms with Crippen LogP contribution < -0.4 is 0 Å². The van der Waals surface area contributed by atoms with E-state index < -0.39 is 11.7 Å². The standard InChI is InChI=1S/C22H22F3N3O/c1-14-3-4-16(11-15(14)2)21(29)27-9-7-18(8-10-27)28-13-26-19-12-17(22(23,24)25)5-6-20(19)28/h3-6,11-13,18H,7-10H2,1-2H3. The Hall–Kier alpha value is -2.83. The Bertz CT molecular complexity index is 1060. The molecule has 0 spiro atoms. The second-order valence-corrected chi connectivity index (χ2v) is 7.68. The number of nitrogens with zero attached hydrogens (tertiary/aromatic N) is 3. The lowest BCUT2D eigenvalue weighted by Gasteiger charge is -2.33. The van der Waals surface area contributed by atoms with Gasteiger partial charge in [-0.3, -0.25) is 4.79 Å². The average Bonchev–Trinajstić information content (AvgIpc) is 3.12. The summed E-state index contributed by atoms with van der Waals surface area (Å²) in [7, 11) is 0. The maximum Gasteiger partial charge on any atom is 0.416 e. The first-order valence-electron chi connectivity index (χ1n) is 9.64. The van der Waals surface area contributed by atoms with Crippen LogP contribution in [0.5, 0.6) is 0 Å². The zero-order chi connectivity index (χ0) is 20.8. The van der Waals surface area contributed by atoms with Crippen molar-refractivity contribution in [2.45, 2.75) is 38.9 Å². The highest BCUT2D eigenvalue weighted by Crippen LogP contribution is 2.33. The van der Waals surface area contributed by atoms with Gasteiger partial charge in [-0.15, -0.1) is 0 Å². The van der Waals surface area contributed by atoms with Gasteiger partial charge in [0.1, 0.15) is 0 Å². The molecule has 2 aromatic carbocycles. The molecule has 1 aliphatic rings. The van der Waals surface area contributed by atoms with Crippen LogP contribution in [0, 0.1) is 13.8 Å². The highest BCUT2D eigenvalue weighted by Gasteiger charge is 2.31. The number of likely N-dealkylation sites (tertiary alicyclic amines) is 1. The number of fused-ring (bicyclic) bond motifs is 1. The van der Waals surface area contributed by atoms with E-state index in [0.717, 1.165) is 36.1 Å². The third-order valence-electron chi connectivity index (χ3n) is 5.80. The number of benzene rings is 2. The Morgan fingerprint density at radius 3 is 2.41 bits per heavy atom. The number of hydrogen-bond acceptors (Lipinski definition) is 2. The van der Waals surface area contributed by atoms with E-state index in [9.17, 15) is 18.0 Å². The van der Waals surface area contributed by atoms with Crippen molar-refractivity contribution in [2.75, 3.05) is 13.1 Å². The normalized spacial score (nSPS) is 15.8. The van der Waals surface area contributed by atoms with Crippen molar-refractivity contribution in [3.63, 3.8) is 0 Å². The number of piperidine rings is 1. The molecular formula is C22H22F3N3O. The summed E-state index contributed by atoms with van der Waals surface area (Å²) in [6, 6.07) is 9.52. The summed E-state index contributed by atoms with van der Waals surface area (Å²) >= 11 is 0. The summed E-state index contributed by atoms with van der Waals surface area (Å²) in [6.07, 6.45) is -1.29. The molecule has 1 saturated heterocycles. The van der Waals surface area contributed by atoms with Crippen molar-refractivity contribution in [1.29, 1.82) is 0 Å². The van der Waals surface area contributed by atoms with Gasteiger partial charge in [-0.05, 0) is 68.1 Å². The Labute approximate surface area is 167 Å². The summed E-state index contributed by atoms with van der Waals surface area (Å²) in [5.41, 5.74) is 3.28. The molecule has 29 heavy (non-hydrogen) atoms. The minimum atomic E-state index is -4.38. The van der Waals surface area contributed by atoms with E-state index in [4.69, 9.17) is 0 Å². The fourth-order valence-corrected chi connectivity index (χ4v) is 3.90. The lowest BCUT2D eigenvalue weighted by atomic mass is 10.0. The van der Waals surface area contributed by atoms with Crippen molar-refractivity contribution < 1.29 is 18.0 Å². The van der Waals surface area contributed by atoms with Crippen LogP contribution in [0.2, 0.25) is 0 Å². The molecule has 2 heterocycles. The van der Waals surface area contributed by atoms with Crippen LogP contribution in [0.4, 0.5) is 13.2 Å². The molecule has 1 aliphatic heterocycles. The van der Waals surface area contributed by atoms with E-state index in [1.807, 2.05) is 41.5 Å². The molecule has 0 saturated carbocycles. The third-order valence-corrected chi connectivity index (χ3v) is 5.80. The second-order valence-electron chi connectivity index (χ2n) is 7.68. The number of hydrogen-bond donors (Lipinski definition) is 0. The molecule has 1 aromatic heterocycles. The summed E-state index contributed by atoms with van der Waals surface area (Å²) in [6.45, 7) is 5.22. The van der Waals surface area contributed by atoms with Gasteiger partial charge < -0.3 is 9.47 Å². The Kier molecular flexibility index (Phi) is 4.84. The van der Waals surface area contributed by atoms with Gasteiger partial charge in [0.15, 0.2) is 0 Å². The first kappa shape index (κ1) is 19.5. The summed E-state index contributed by atoms with van der Waals surface area (Å²) in [4.78, 5) is 18.8. The van der Waals surface area contributed by atoms with Gasteiger partial charge in [0.25, 0.3) is 5.91 Å². The fraction of sp³-hybridized carbons (Fsp3) is 0.364. The van der Waals surface area contributed by atoms with E-state index in [2.05, 4.69) is 4.98 Å². The van der Waals surface area contributed by atoms with Crippen LogP contribution in [-0.4, -0.2) is 33.4 Å². The number of aromatic nitrogens is 2. The maximum absolute atomic E-state index is 12.9. The monoisotopic (exact) mass is 401 g/mol. The largest absolute Gasteiger partial charge is 0.416 e. The van der Waals surface area contributed by atoms with Crippen molar-refractivity contribution in [2.24, 2.45) is 0 Å². The van der Waals surface area contributed by atoms with Crippen LogP contribution >= 0.6 is 0 Å². The molecule has 0 bridgehead atoms. The molecule has 1 fully saturated rings. The van der Waals surface area contributed by atoms with Crippen LogP contribution in [0.1, 0.15) is 45.9 Å². The predicted octanol–water partition coefficient (Wildman–Crippen LogP) is 5.15. The molecule has 0 N–H and O–H groups in total. The quantitative estimate of drug-likeness (QED) is 0.596. The van der Waals surface area contributed by atoms with Gasteiger partial charge in [-0.25, -0.2) is 4.98 Å². The zero-order valence-corrected chi connectivity index (χ0v) is 16.3. The van der Waals surface area contributed by atoms with Gasteiger partial charge >= 0.3 is 6.18 Å². The van der Waals surface area contributed by atoms with Crippen molar-refractivity contribution in [3.8, 4) is 0 Å². The predicted molar refractivity (Wildman–Crippen MR) is 105 cm³/mol. The number of alkyl halides is 3. The first-order chi connectivity index (χ1) is 13.7. The van der Waals surface area contributed by atoms with E-state index in [1.165, 1.54) is 6.07 Å². The van der Waals surface area contributed by atoms with Gasteiger partial charge in [0.05, 0.1) is 22.9 Å². The molecule has 0 atom stereocenters. The highest BCUT2D eigenvalue weighted by atomic mass is 19.4. The second kappa shape index (κ2) is 7.21. The minimum absolute atomic E-state index is 0.0249. The average molecular weight is 401 g/mol. The number of halogens is 3. The van der Waals surface area contributed by atoms with Gasteiger partial charge in [0, 0.05) is 24.7 Å². The third kappa shape index (κ3) is 3.73. The molecule has 4 nitrogen and oxygen atoms in total. The van der Waals surface area contributed by atoms with Crippen LogP contribution in [-0.2, 0) is 6.18 Å². The van der Waals surface area contributed by atoms with E-state index >= 15 is 0 Å². The zero-order valence-electron chi connectivity index (χ0n) is 16.3. The van der Waals surface area contributed by atoms with Crippen molar-refractivity contribution >= 4 is 16.9 Å². The Balaban J connectivity index is 1.48. The van der Waals surface area contributed by atoms with Crippen LogP contribution in [0.25, 0.3) is 11.0 Å². The Morgan fingerprint density at radius 2 is 1.76 bits per heavy atom.